The van der Waals surface area contributed by atoms with E-state index in [1.165, 1.54) is 16.7 Å². The number of nitrogens with one attached hydrogen (secondary N) is 1. The summed E-state index contributed by atoms with van der Waals surface area (Å²) in [6, 6.07) is 20.0. The van der Waals surface area contributed by atoms with Gasteiger partial charge >= 0.3 is 0 Å². The summed E-state index contributed by atoms with van der Waals surface area (Å²) in [6.07, 6.45) is 1.77. The highest BCUT2D eigenvalue weighted by Gasteiger charge is 2.33. The van der Waals surface area contributed by atoms with E-state index >= 15 is 0 Å². The number of amides is 2. The van der Waals surface area contributed by atoms with Crippen LogP contribution in [-0.4, -0.2) is 36.5 Å². The fourth-order valence-corrected chi connectivity index (χ4v) is 4.88. The Hall–Kier alpha value is -3.82. The van der Waals surface area contributed by atoms with Gasteiger partial charge < -0.3 is 19.5 Å². The molecule has 37 heavy (non-hydrogen) atoms. The minimum absolute atomic E-state index is 0.175. The van der Waals surface area contributed by atoms with Crippen LogP contribution in [0.2, 0.25) is 0 Å². The summed E-state index contributed by atoms with van der Waals surface area (Å²) in [5, 5.41) is 2.78. The molecular formula is C28H26N2O5S2. The lowest BCUT2D eigenvalue weighted by Crippen LogP contribution is -2.27. The first-order chi connectivity index (χ1) is 17.9. The van der Waals surface area contributed by atoms with E-state index in [-0.39, 0.29) is 18.4 Å². The Kier molecular flexibility index (Phi) is 8.47. The van der Waals surface area contributed by atoms with E-state index in [1.54, 1.807) is 55.7 Å². The summed E-state index contributed by atoms with van der Waals surface area (Å²) >= 11 is 6.72. The van der Waals surface area contributed by atoms with Crippen molar-refractivity contribution in [3.63, 3.8) is 0 Å². The predicted molar refractivity (Wildman–Crippen MR) is 152 cm³/mol. The van der Waals surface area contributed by atoms with Crippen molar-refractivity contribution in [3.05, 3.63) is 82.8 Å². The number of methoxy groups -OCH3 is 1. The topological polar surface area (TPSA) is 77.1 Å². The van der Waals surface area contributed by atoms with E-state index in [9.17, 15) is 9.59 Å². The predicted octanol–water partition coefficient (Wildman–Crippen LogP) is 5.83. The minimum atomic E-state index is -0.320. The molecular weight excluding hydrogens is 508 g/mol. The Morgan fingerprint density at radius 2 is 1.84 bits per heavy atom. The summed E-state index contributed by atoms with van der Waals surface area (Å²) in [4.78, 5) is 27.5. The molecule has 7 nitrogen and oxygen atoms in total. The van der Waals surface area contributed by atoms with Crippen molar-refractivity contribution in [3.8, 4) is 17.2 Å². The van der Waals surface area contributed by atoms with Crippen LogP contribution in [0.5, 0.6) is 17.2 Å². The fraction of sp³-hybridized carbons (Fsp3) is 0.179. The van der Waals surface area contributed by atoms with Crippen LogP contribution in [0, 0.1) is 6.92 Å². The summed E-state index contributed by atoms with van der Waals surface area (Å²) < 4.78 is 17.1. The molecule has 1 fully saturated rings. The average molecular weight is 535 g/mol. The standard InChI is InChI=1S/C28H26N2O5S2/c1-4-34-24-14-19(15-25-27(32)30(28(36)37-25)21-11-8-18(2)9-12-21)10-13-23(24)35-17-26(31)29-20-6-5-7-22(16-20)33-3/h5-16H,4,17H2,1-3H3,(H,29,31)/b25-15-. The first-order valence-electron chi connectivity index (χ1n) is 11.6. The Morgan fingerprint density at radius 1 is 1.05 bits per heavy atom. The zero-order valence-corrected chi connectivity index (χ0v) is 22.3. The van der Waals surface area contributed by atoms with E-state index in [0.717, 1.165) is 16.8 Å². The Balaban J connectivity index is 1.46. The monoisotopic (exact) mass is 534 g/mol. The molecule has 3 aromatic carbocycles. The highest BCUT2D eigenvalue weighted by Crippen LogP contribution is 2.37. The molecule has 1 aliphatic rings. The SMILES string of the molecule is CCOc1cc(/C=C2\SC(=S)N(c3ccc(C)cc3)C2=O)ccc1OCC(=O)Nc1cccc(OC)c1. The number of hydrogen-bond acceptors (Lipinski definition) is 7. The van der Waals surface area contributed by atoms with Crippen LogP contribution in [0.3, 0.4) is 0 Å². The summed E-state index contributed by atoms with van der Waals surface area (Å²) in [5.41, 5.74) is 3.20. The maximum absolute atomic E-state index is 13.1. The first-order valence-corrected chi connectivity index (χ1v) is 12.8. The lowest BCUT2D eigenvalue weighted by atomic mass is 10.1. The van der Waals surface area contributed by atoms with Crippen molar-refractivity contribution in [1.82, 2.24) is 0 Å². The molecule has 1 saturated heterocycles. The largest absolute Gasteiger partial charge is 0.497 e. The maximum Gasteiger partial charge on any atom is 0.270 e. The normalized spacial score (nSPS) is 14.1. The number of anilines is 2. The molecule has 1 heterocycles. The van der Waals surface area contributed by atoms with Crippen LogP contribution in [0.1, 0.15) is 18.1 Å². The van der Waals surface area contributed by atoms with Gasteiger partial charge in [-0.2, -0.15) is 0 Å². The molecule has 1 N–H and O–H groups in total. The number of ether oxygens (including phenoxy) is 3. The molecule has 0 aliphatic carbocycles. The number of thioether (sulfide) groups is 1. The second kappa shape index (κ2) is 11.9. The van der Waals surface area contributed by atoms with E-state index in [1.807, 2.05) is 38.1 Å². The van der Waals surface area contributed by atoms with Crippen molar-refractivity contribution in [2.45, 2.75) is 13.8 Å². The van der Waals surface area contributed by atoms with Gasteiger partial charge in [-0.1, -0.05) is 53.8 Å². The molecule has 0 spiro atoms. The van der Waals surface area contributed by atoms with Gasteiger partial charge in [0, 0.05) is 11.8 Å². The summed E-state index contributed by atoms with van der Waals surface area (Å²) in [7, 11) is 1.56. The number of rotatable bonds is 9. The van der Waals surface area contributed by atoms with Gasteiger partial charge in [-0.15, -0.1) is 0 Å². The third-order valence-corrected chi connectivity index (χ3v) is 6.67. The van der Waals surface area contributed by atoms with Gasteiger partial charge in [-0.25, -0.2) is 0 Å². The van der Waals surface area contributed by atoms with Crippen LogP contribution in [0.4, 0.5) is 11.4 Å². The molecule has 9 heteroatoms. The molecule has 3 aromatic rings. The molecule has 0 bridgehead atoms. The lowest BCUT2D eigenvalue weighted by Gasteiger charge is -2.14. The average Bonchev–Trinajstić information content (AvgIpc) is 3.16. The molecule has 0 unspecified atom stereocenters. The number of nitrogens with zero attached hydrogens (tertiary/aromatic N) is 1. The second-order valence-electron chi connectivity index (χ2n) is 8.06. The quantitative estimate of drug-likeness (QED) is 0.274. The highest BCUT2D eigenvalue weighted by atomic mass is 32.2. The molecule has 0 atom stereocenters. The minimum Gasteiger partial charge on any atom is -0.497 e. The number of hydrogen-bond donors (Lipinski definition) is 1. The number of carbonyl (C=O) groups is 2. The van der Waals surface area contributed by atoms with Gasteiger partial charge in [0.15, 0.2) is 22.4 Å². The van der Waals surface area contributed by atoms with Gasteiger partial charge in [-0.3, -0.25) is 14.5 Å². The smallest absolute Gasteiger partial charge is 0.270 e. The van der Waals surface area contributed by atoms with Crippen LogP contribution >= 0.6 is 24.0 Å². The zero-order valence-electron chi connectivity index (χ0n) is 20.6. The Morgan fingerprint density at radius 3 is 2.57 bits per heavy atom. The maximum atomic E-state index is 13.1. The molecule has 4 rings (SSSR count). The fourth-order valence-electron chi connectivity index (χ4n) is 3.58. The van der Waals surface area contributed by atoms with Crippen molar-refractivity contribution in [2.75, 3.05) is 30.5 Å². The first kappa shape index (κ1) is 26.2. The number of benzene rings is 3. The molecule has 2 amide bonds. The van der Waals surface area contributed by atoms with Gasteiger partial charge in [-0.05, 0) is 61.9 Å². The molecule has 0 radical (unpaired) electrons. The third-order valence-electron chi connectivity index (χ3n) is 5.36. The molecule has 190 valence electrons. The Bertz CT molecular complexity index is 1350. The number of carbonyl (C=O) groups excluding carboxylic acids is 2. The summed E-state index contributed by atoms with van der Waals surface area (Å²) in [5.74, 6) is 1.04. The van der Waals surface area contributed by atoms with Crippen molar-refractivity contribution in [2.24, 2.45) is 0 Å². The van der Waals surface area contributed by atoms with Crippen LogP contribution in [0.25, 0.3) is 6.08 Å². The van der Waals surface area contributed by atoms with E-state index in [2.05, 4.69) is 5.32 Å². The van der Waals surface area contributed by atoms with E-state index in [0.29, 0.717) is 38.8 Å². The van der Waals surface area contributed by atoms with Gasteiger partial charge in [0.1, 0.15) is 5.75 Å². The van der Waals surface area contributed by atoms with Gasteiger partial charge in [0.2, 0.25) is 0 Å². The van der Waals surface area contributed by atoms with Crippen molar-refractivity contribution >= 4 is 57.6 Å². The Labute approximate surface area is 225 Å². The van der Waals surface area contributed by atoms with Gasteiger partial charge in [0.25, 0.3) is 11.8 Å². The van der Waals surface area contributed by atoms with Crippen LogP contribution in [-0.2, 0) is 9.59 Å². The number of aryl methyl sites for hydroxylation is 1. The lowest BCUT2D eigenvalue weighted by molar-refractivity contribution is -0.118. The van der Waals surface area contributed by atoms with E-state index in [4.69, 9.17) is 26.4 Å². The van der Waals surface area contributed by atoms with Crippen molar-refractivity contribution < 1.29 is 23.8 Å². The second-order valence-corrected chi connectivity index (χ2v) is 9.74. The molecule has 0 saturated carbocycles. The van der Waals surface area contributed by atoms with E-state index < -0.39 is 0 Å². The van der Waals surface area contributed by atoms with Crippen LogP contribution in [0.15, 0.2) is 71.6 Å². The third kappa shape index (κ3) is 6.49. The van der Waals surface area contributed by atoms with Gasteiger partial charge in [0.05, 0.1) is 24.3 Å². The number of thiocarbonyl (C=S) groups is 1. The highest BCUT2D eigenvalue weighted by molar-refractivity contribution is 8.27. The molecule has 1 aliphatic heterocycles. The summed E-state index contributed by atoms with van der Waals surface area (Å²) in [6.45, 7) is 4.06. The van der Waals surface area contributed by atoms with Crippen molar-refractivity contribution in [1.29, 1.82) is 0 Å². The molecule has 0 aromatic heterocycles. The van der Waals surface area contributed by atoms with Crippen LogP contribution < -0.4 is 24.4 Å². The zero-order chi connectivity index (χ0) is 26.4.